The predicted molar refractivity (Wildman–Crippen MR) is 85.5 cm³/mol. The van der Waals surface area contributed by atoms with Gasteiger partial charge in [-0.15, -0.1) is 0 Å². The van der Waals surface area contributed by atoms with Crippen LogP contribution < -0.4 is 5.32 Å². The van der Waals surface area contributed by atoms with Gasteiger partial charge in [0, 0.05) is 17.1 Å². The summed E-state index contributed by atoms with van der Waals surface area (Å²) in [5, 5.41) is 3.10. The van der Waals surface area contributed by atoms with Crippen LogP contribution in [0.4, 0.5) is 4.39 Å². The average Bonchev–Trinajstić information content (AvgIpc) is 2.38. The van der Waals surface area contributed by atoms with Crippen molar-refractivity contribution in [3.8, 4) is 0 Å². The Morgan fingerprint density at radius 2 is 2.00 bits per heavy atom. The van der Waals surface area contributed by atoms with Gasteiger partial charge >= 0.3 is 0 Å². The first-order valence-corrected chi connectivity index (χ1v) is 8.31. The number of nitrogens with one attached hydrogen (secondary N) is 1. The summed E-state index contributed by atoms with van der Waals surface area (Å²) >= 11 is 8.23. The molecule has 1 aromatic rings. The van der Waals surface area contributed by atoms with Gasteiger partial charge in [-0.25, -0.2) is 4.39 Å². The molecule has 0 bridgehead atoms. The van der Waals surface area contributed by atoms with Crippen molar-refractivity contribution >= 4 is 40.1 Å². The van der Waals surface area contributed by atoms with E-state index in [1.807, 2.05) is 0 Å². The molecular formula is C14H18ClFINO. The van der Waals surface area contributed by atoms with E-state index < -0.39 is 5.82 Å². The number of rotatable bonds is 8. The highest BCUT2D eigenvalue weighted by molar-refractivity contribution is 14.1. The molecule has 1 amide bonds. The number of carbonyl (C=O) groups excluding carboxylic acids is 1. The molecule has 5 heteroatoms. The van der Waals surface area contributed by atoms with Crippen molar-refractivity contribution in [1.82, 2.24) is 5.32 Å². The molecule has 0 aliphatic rings. The van der Waals surface area contributed by atoms with E-state index in [2.05, 4.69) is 27.9 Å². The third-order valence-corrected chi connectivity index (χ3v) is 3.90. The number of unbranched alkanes of at least 4 members (excludes halogenated alkanes) is 3. The van der Waals surface area contributed by atoms with Crippen LogP contribution >= 0.6 is 34.2 Å². The van der Waals surface area contributed by atoms with Gasteiger partial charge in [0.25, 0.3) is 0 Å². The van der Waals surface area contributed by atoms with Crippen molar-refractivity contribution in [2.24, 2.45) is 0 Å². The van der Waals surface area contributed by atoms with Gasteiger partial charge in [0.2, 0.25) is 5.91 Å². The fourth-order valence-corrected chi connectivity index (χ4v) is 2.49. The Bertz CT molecular complexity index is 394. The van der Waals surface area contributed by atoms with E-state index in [1.165, 1.54) is 29.4 Å². The standard InChI is InChI=1S/C14H18ClFINO/c15-12-6-5-7-13(16)11(12)10-14(19)18-9-4-2-1-3-8-17/h5-7H,1-4,8-10H2,(H,18,19). The van der Waals surface area contributed by atoms with Crippen LogP contribution in [0, 0.1) is 5.82 Å². The Morgan fingerprint density at radius 3 is 2.68 bits per heavy atom. The summed E-state index contributed by atoms with van der Waals surface area (Å²) in [5.41, 5.74) is 0.270. The van der Waals surface area contributed by atoms with E-state index in [1.54, 1.807) is 6.07 Å². The molecule has 0 spiro atoms. The molecule has 0 atom stereocenters. The largest absolute Gasteiger partial charge is 0.356 e. The smallest absolute Gasteiger partial charge is 0.224 e. The van der Waals surface area contributed by atoms with Gasteiger partial charge in [-0.1, -0.05) is 53.1 Å². The quantitative estimate of drug-likeness (QED) is 0.399. The summed E-state index contributed by atoms with van der Waals surface area (Å²) in [7, 11) is 0. The molecule has 106 valence electrons. The molecule has 1 aromatic carbocycles. The zero-order chi connectivity index (χ0) is 14.1. The Kier molecular flexibility index (Phi) is 8.37. The molecule has 0 fully saturated rings. The summed E-state index contributed by atoms with van der Waals surface area (Å²) in [6.07, 6.45) is 4.49. The highest BCUT2D eigenvalue weighted by atomic mass is 127. The Labute approximate surface area is 132 Å². The number of amides is 1. The van der Waals surface area contributed by atoms with Crippen molar-refractivity contribution in [2.75, 3.05) is 11.0 Å². The fourth-order valence-electron chi connectivity index (χ4n) is 1.73. The Morgan fingerprint density at radius 1 is 1.26 bits per heavy atom. The molecule has 0 saturated carbocycles. The second kappa shape index (κ2) is 9.53. The van der Waals surface area contributed by atoms with Crippen LogP contribution in [0.3, 0.4) is 0 Å². The van der Waals surface area contributed by atoms with Crippen molar-refractivity contribution in [1.29, 1.82) is 0 Å². The van der Waals surface area contributed by atoms with Crippen molar-refractivity contribution in [2.45, 2.75) is 32.1 Å². The maximum atomic E-state index is 13.5. The average molecular weight is 398 g/mol. The van der Waals surface area contributed by atoms with Crippen LogP contribution in [0.5, 0.6) is 0 Å². The monoisotopic (exact) mass is 397 g/mol. The molecule has 0 aliphatic carbocycles. The number of halogens is 3. The second-order valence-corrected chi connectivity index (χ2v) is 5.82. The van der Waals surface area contributed by atoms with Crippen molar-refractivity contribution in [3.05, 3.63) is 34.6 Å². The number of hydrogen-bond acceptors (Lipinski definition) is 1. The molecule has 2 nitrogen and oxygen atoms in total. The van der Waals surface area contributed by atoms with Crippen LogP contribution in [0.2, 0.25) is 5.02 Å². The fraction of sp³-hybridized carbons (Fsp3) is 0.500. The molecule has 0 aromatic heterocycles. The summed E-state index contributed by atoms with van der Waals surface area (Å²) in [4.78, 5) is 11.7. The number of carbonyl (C=O) groups is 1. The van der Waals surface area contributed by atoms with Gasteiger partial charge in [-0.05, 0) is 29.4 Å². The maximum Gasteiger partial charge on any atom is 0.224 e. The summed E-state index contributed by atoms with van der Waals surface area (Å²) < 4.78 is 14.6. The minimum atomic E-state index is -0.426. The SMILES string of the molecule is O=C(Cc1c(F)cccc1Cl)NCCCCCCI. The van der Waals surface area contributed by atoms with Crippen LogP contribution in [0.15, 0.2) is 18.2 Å². The minimum Gasteiger partial charge on any atom is -0.356 e. The molecule has 1 rings (SSSR count). The van der Waals surface area contributed by atoms with Gasteiger partial charge in [0.15, 0.2) is 0 Å². The molecule has 0 heterocycles. The number of hydrogen-bond donors (Lipinski definition) is 1. The molecule has 19 heavy (non-hydrogen) atoms. The zero-order valence-electron chi connectivity index (χ0n) is 10.7. The normalized spacial score (nSPS) is 10.5. The lowest BCUT2D eigenvalue weighted by Crippen LogP contribution is -2.26. The first kappa shape index (κ1) is 16.7. The topological polar surface area (TPSA) is 29.1 Å². The first-order valence-electron chi connectivity index (χ1n) is 6.40. The van der Waals surface area contributed by atoms with E-state index in [4.69, 9.17) is 11.6 Å². The summed E-state index contributed by atoms with van der Waals surface area (Å²) in [5.74, 6) is -0.606. The van der Waals surface area contributed by atoms with E-state index in [0.717, 1.165) is 12.8 Å². The van der Waals surface area contributed by atoms with E-state index in [-0.39, 0.29) is 17.9 Å². The molecule has 1 N–H and O–H groups in total. The molecular weight excluding hydrogens is 380 g/mol. The van der Waals surface area contributed by atoms with Gasteiger partial charge in [0.1, 0.15) is 5.82 Å². The summed E-state index contributed by atoms with van der Waals surface area (Å²) in [6, 6.07) is 4.45. The third kappa shape index (κ3) is 6.56. The van der Waals surface area contributed by atoms with Gasteiger partial charge in [0.05, 0.1) is 6.42 Å². The molecule has 0 saturated heterocycles. The third-order valence-electron chi connectivity index (χ3n) is 2.78. The highest BCUT2D eigenvalue weighted by Crippen LogP contribution is 2.19. The zero-order valence-corrected chi connectivity index (χ0v) is 13.6. The van der Waals surface area contributed by atoms with Crippen LogP contribution in [-0.4, -0.2) is 16.9 Å². The predicted octanol–water partition coefficient (Wildman–Crippen LogP) is 4.13. The lowest BCUT2D eigenvalue weighted by Gasteiger charge is -2.07. The Hall–Kier alpha value is -0.360. The highest BCUT2D eigenvalue weighted by Gasteiger charge is 2.11. The minimum absolute atomic E-state index is 0.000737. The maximum absolute atomic E-state index is 13.5. The first-order chi connectivity index (χ1) is 9.15. The second-order valence-electron chi connectivity index (χ2n) is 4.33. The van der Waals surface area contributed by atoms with Gasteiger partial charge in [-0.3, -0.25) is 4.79 Å². The summed E-state index contributed by atoms with van der Waals surface area (Å²) in [6.45, 7) is 0.645. The number of benzene rings is 1. The Balaban J connectivity index is 2.28. The molecule has 0 radical (unpaired) electrons. The van der Waals surface area contributed by atoms with Crippen molar-refractivity contribution in [3.63, 3.8) is 0 Å². The van der Waals surface area contributed by atoms with E-state index in [0.29, 0.717) is 11.6 Å². The van der Waals surface area contributed by atoms with Crippen LogP contribution in [0.25, 0.3) is 0 Å². The van der Waals surface area contributed by atoms with Gasteiger partial charge < -0.3 is 5.32 Å². The van der Waals surface area contributed by atoms with E-state index >= 15 is 0 Å². The van der Waals surface area contributed by atoms with E-state index in [9.17, 15) is 9.18 Å². The van der Waals surface area contributed by atoms with Gasteiger partial charge in [-0.2, -0.15) is 0 Å². The molecule has 0 aliphatic heterocycles. The van der Waals surface area contributed by atoms with Crippen molar-refractivity contribution < 1.29 is 9.18 Å². The van der Waals surface area contributed by atoms with Crippen LogP contribution in [-0.2, 0) is 11.2 Å². The van der Waals surface area contributed by atoms with Crippen LogP contribution in [0.1, 0.15) is 31.2 Å². The lowest BCUT2D eigenvalue weighted by atomic mass is 10.1. The number of alkyl halides is 1. The molecule has 0 unspecified atom stereocenters. The lowest BCUT2D eigenvalue weighted by molar-refractivity contribution is -0.120.